The molecule has 1 fully saturated rings. The molecule has 1 rings (SSSR count). The minimum absolute atomic E-state index is 0.201. The van der Waals surface area contributed by atoms with Crippen LogP contribution >= 0.6 is 11.8 Å². The summed E-state index contributed by atoms with van der Waals surface area (Å²) in [6.45, 7) is 11.3. The van der Waals surface area contributed by atoms with Crippen LogP contribution in [0.2, 0.25) is 0 Å². The minimum Gasteiger partial charge on any atom is -0.381 e. The van der Waals surface area contributed by atoms with Crippen molar-refractivity contribution >= 4 is 16.9 Å². The van der Waals surface area contributed by atoms with Gasteiger partial charge in [-0.3, -0.25) is 0 Å². The van der Waals surface area contributed by atoms with Crippen LogP contribution in [0.25, 0.3) is 0 Å². The molecule has 0 aliphatic carbocycles. The molecular weight excluding hydrogens is 316 g/mol. The van der Waals surface area contributed by atoms with Gasteiger partial charge in [-0.1, -0.05) is 25.6 Å². The third-order valence-corrected chi connectivity index (χ3v) is 5.37. The van der Waals surface area contributed by atoms with Crippen molar-refractivity contribution in [1.29, 1.82) is 0 Å². The Labute approximate surface area is 143 Å². The van der Waals surface area contributed by atoms with Crippen molar-refractivity contribution in [3.8, 4) is 0 Å². The molecule has 0 aromatic rings. The van der Waals surface area contributed by atoms with Crippen LogP contribution in [0.15, 0.2) is 5.10 Å². The second-order valence-electron chi connectivity index (χ2n) is 6.24. The van der Waals surface area contributed by atoms with E-state index >= 15 is 0 Å². The van der Waals surface area contributed by atoms with E-state index in [-0.39, 0.29) is 6.04 Å². The molecule has 0 radical (unpaired) electrons. The second-order valence-corrected chi connectivity index (χ2v) is 7.01. The lowest BCUT2D eigenvalue weighted by Gasteiger charge is -2.30. The summed E-state index contributed by atoms with van der Waals surface area (Å²) in [6.07, 6.45) is 2.76. The van der Waals surface area contributed by atoms with Gasteiger partial charge in [0.05, 0.1) is 11.7 Å². The fraction of sp³-hybridized carbons (Fsp3) is 0.933. The van der Waals surface area contributed by atoms with E-state index in [2.05, 4.69) is 30.8 Å². The van der Waals surface area contributed by atoms with Gasteiger partial charge in [-0.2, -0.15) is 0 Å². The summed E-state index contributed by atoms with van der Waals surface area (Å²) in [5.74, 6) is 1.24. The van der Waals surface area contributed by atoms with Crippen LogP contribution in [0, 0.1) is 22.0 Å². The van der Waals surface area contributed by atoms with Gasteiger partial charge in [-0.05, 0) is 38.0 Å². The van der Waals surface area contributed by atoms with Gasteiger partial charge in [0.15, 0.2) is 5.03 Å². The van der Waals surface area contributed by atoms with Gasteiger partial charge < -0.3 is 14.5 Å². The zero-order valence-corrected chi connectivity index (χ0v) is 15.7. The first-order valence-electron chi connectivity index (χ1n) is 8.18. The van der Waals surface area contributed by atoms with Crippen LogP contribution in [-0.2, 0) is 4.74 Å². The van der Waals surface area contributed by atoms with E-state index in [0.717, 1.165) is 39.3 Å². The number of thioether (sulfide) groups is 1. The number of nitrogens with zero attached hydrogens (tertiary/aromatic N) is 4. The number of hydrazone groups is 1. The van der Waals surface area contributed by atoms with E-state index in [0.29, 0.717) is 17.0 Å². The Morgan fingerprint density at radius 1 is 1.52 bits per heavy atom. The average Bonchev–Trinajstić information content (AvgIpc) is 2.92. The van der Waals surface area contributed by atoms with Gasteiger partial charge in [0.2, 0.25) is 5.17 Å². The average molecular weight is 346 g/mol. The second kappa shape index (κ2) is 10.1. The van der Waals surface area contributed by atoms with Crippen molar-refractivity contribution in [3.05, 3.63) is 10.1 Å². The van der Waals surface area contributed by atoms with E-state index in [9.17, 15) is 10.1 Å². The number of nitro groups is 1. The third kappa shape index (κ3) is 6.64. The lowest BCUT2D eigenvalue weighted by atomic mass is 9.97. The first kappa shape index (κ1) is 20.2. The van der Waals surface area contributed by atoms with E-state index in [1.54, 1.807) is 0 Å². The topological polar surface area (TPSA) is 71.2 Å². The summed E-state index contributed by atoms with van der Waals surface area (Å²) in [7, 11) is 1.87. The van der Waals surface area contributed by atoms with Crippen molar-refractivity contribution in [1.82, 2.24) is 9.80 Å². The highest BCUT2D eigenvalue weighted by Gasteiger charge is 2.26. The van der Waals surface area contributed by atoms with Gasteiger partial charge in [0, 0.05) is 32.8 Å². The van der Waals surface area contributed by atoms with Crippen LogP contribution in [-0.4, -0.2) is 72.2 Å². The first-order chi connectivity index (χ1) is 10.9. The highest BCUT2D eigenvalue weighted by atomic mass is 32.2. The first-order valence-corrected chi connectivity index (χ1v) is 9.41. The van der Waals surface area contributed by atoms with Crippen molar-refractivity contribution < 1.29 is 9.77 Å². The lowest BCUT2D eigenvalue weighted by Crippen LogP contribution is -2.38. The van der Waals surface area contributed by atoms with Crippen molar-refractivity contribution in [3.63, 3.8) is 0 Å². The highest BCUT2D eigenvalue weighted by molar-refractivity contribution is 8.13. The van der Waals surface area contributed by atoms with Crippen LogP contribution < -0.4 is 0 Å². The molecule has 0 aromatic heterocycles. The normalized spacial score (nSPS) is 23.3. The molecule has 0 N–H and O–H groups in total. The molecule has 3 atom stereocenters. The van der Waals surface area contributed by atoms with E-state index in [1.807, 2.05) is 18.2 Å². The molecule has 0 amide bonds. The molecule has 0 bridgehead atoms. The Hall–Kier alpha value is -0.860. The Kier molecular flexibility index (Phi) is 8.86. The van der Waals surface area contributed by atoms with Gasteiger partial charge in [-0.15, -0.1) is 0 Å². The summed E-state index contributed by atoms with van der Waals surface area (Å²) in [4.78, 5) is 14.9. The van der Waals surface area contributed by atoms with Crippen LogP contribution in [0.4, 0.5) is 0 Å². The summed E-state index contributed by atoms with van der Waals surface area (Å²) in [6, 6.07) is 0.201. The maximum atomic E-state index is 10.6. The summed E-state index contributed by atoms with van der Waals surface area (Å²) in [5.41, 5.74) is 0. The number of hydrogen-bond acceptors (Lipinski definition) is 5. The summed E-state index contributed by atoms with van der Waals surface area (Å²) in [5, 5.41) is 13.9. The monoisotopic (exact) mass is 346 g/mol. The molecular formula is C15H30N4O3S. The summed E-state index contributed by atoms with van der Waals surface area (Å²) < 4.78 is 5.54. The molecule has 1 heterocycles. The van der Waals surface area contributed by atoms with Crippen LogP contribution in [0.5, 0.6) is 0 Å². The largest absolute Gasteiger partial charge is 0.381 e. The zero-order valence-electron chi connectivity index (χ0n) is 14.9. The maximum Gasteiger partial charge on any atom is 0.237 e. The molecule has 0 saturated carbocycles. The van der Waals surface area contributed by atoms with E-state index in [1.165, 1.54) is 11.8 Å². The SMILES string of the molecule is CCN(CCC(C)N(C)C(=N[N+](=O)[O-])SC)CC1COCC1C. The molecule has 0 aromatic carbocycles. The van der Waals surface area contributed by atoms with E-state index < -0.39 is 5.03 Å². The van der Waals surface area contributed by atoms with Crippen LogP contribution in [0.3, 0.4) is 0 Å². The van der Waals surface area contributed by atoms with Crippen molar-refractivity contribution in [2.24, 2.45) is 16.9 Å². The lowest BCUT2D eigenvalue weighted by molar-refractivity contribution is -0.485. The molecule has 3 unspecified atom stereocenters. The number of ether oxygens (including phenoxy) is 1. The standard InChI is InChI=1S/C15H30N4O3S/c1-6-18(9-14-11-22-10-12(14)2)8-7-13(3)17(4)15(23-5)16-19(20)21/h12-14H,6-11H2,1-5H3. The molecule has 7 nitrogen and oxygen atoms in total. The minimum atomic E-state index is -0.630. The Morgan fingerprint density at radius 2 is 2.22 bits per heavy atom. The Morgan fingerprint density at radius 3 is 2.70 bits per heavy atom. The number of amidine groups is 1. The fourth-order valence-corrected chi connectivity index (χ4v) is 3.34. The highest BCUT2D eigenvalue weighted by Crippen LogP contribution is 2.21. The van der Waals surface area contributed by atoms with Crippen molar-refractivity contribution in [2.45, 2.75) is 33.2 Å². The molecule has 23 heavy (non-hydrogen) atoms. The van der Waals surface area contributed by atoms with Crippen molar-refractivity contribution in [2.75, 3.05) is 46.2 Å². The summed E-state index contributed by atoms with van der Waals surface area (Å²) >= 11 is 1.31. The Bertz CT molecular complexity index is 408. The van der Waals surface area contributed by atoms with Gasteiger partial charge >= 0.3 is 0 Å². The number of rotatable bonds is 8. The smallest absolute Gasteiger partial charge is 0.237 e. The predicted molar refractivity (Wildman–Crippen MR) is 95.4 cm³/mol. The van der Waals surface area contributed by atoms with Crippen LogP contribution in [0.1, 0.15) is 27.2 Å². The molecule has 1 aliphatic heterocycles. The molecule has 0 spiro atoms. The fourth-order valence-electron chi connectivity index (χ4n) is 2.73. The molecule has 134 valence electrons. The molecule has 1 aliphatic rings. The van der Waals surface area contributed by atoms with Gasteiger partial charge in [0.1, 0.15) is 0 Å². The quantitative estimate of drug-likeness (QED) is 0.290. The number of hydrogen-bond donors (Lipinski definition) is 0. The Balaban J connectivity index is 2.48. The molecule has 8 heteroatoms. The van der Waals surface area contributed by atoms with Gasteiger partial charge in [0.25, 0.3) is 0 Å². The zero-order chi connectivity index (χ0) is 17.4. The molecule has 1 saturated heterocycles. The van der Waals surface area contributed by atoms with E-state index in [4.69, 9.17) is 4.74 Å². The third-order valence-electron chi connectivity index (χ3n) is 4.63. The maximum absolute atomic E-state index is 10.6. The van der Waals surface area contributed by atoms with Gasteiger partial charge in [-0.25, -0.2) is 10.1 Å². The predicted octanol–water partition coefficient (Wildman–Crippen LogP) is 2.21.